The standard InChI is InChI=1S/C36H65NO3/c1-3-5-7-9-11-13-15-17-18-20-21-23-25-27-29-31-35(39)34(33-38)37-36(40)32-30-28-26-24-22-19-16-14-12-10-8-6-4-2/h8,10,14,16,21,23,29,31,34-35,38-39H,3-7,9,11-13,15,17-20,22,24-28,30,32-33H2,1-2H3,(H,37,40)/b10-8-,16-14-,23-21+,31-29+. The molecule has 0 rings (SSSR count). The fraction of sp³-hybridized carbons (Fsp3) is 0.750. The third-order valence-corrected chi connectivity index (χ3v) is 7.27. The molecular weight excluding hydrogens is 494 g/mol. The maximum absolute atomic E-state index is 12.2. The van der Waals surface area contributed by atoms with Gasteiger partial charge in [-0.1, -0.05) is 140 Å². The lowest BCUT2D eigenvalue weighted by atomic mass is 10.1. The second-order valence-electron chi connectivity index (χ2n) is 11.2. The van der Waals surface area contributed by atoms with Gasteiger partial charge in [0, 0.05) is 6.42 Å². The van der Waals surface area contributed by atoms with Crippen molar-refractivity contribution in [3.8, 4) is 0 Å². The van der Waals surface area contributed by atoms with Crippen molar-refractivity contribution in [2.75, 3.05) is 6.61 Å². The third kappa shape index (κ3) is 27.9. The van der Waals surface area contributed by atoms with Crippen LogP contribution in [-0.2, 0) is 4.79 Å². The van der Waals surface area contributed by atoms with E-state index < -0.39 is 12.1 Å². The van der Waals surface area contributed by atoms with Crippen LogP contribution in [0.3, 0.4) is 0 Å². The maximum atomic E-state index is 12.2. The van der Waals surface area contributed by atoms with E-state index >= 15 is 0 Å². The first-order valence-corrected chi connectivity index (χ1v) is 16.9. The predicted molar refractivity (Wildman–Crippen MR) is 175 cm³/mol. The number of carbonyl (C=O) groups excluding carboxylic acids is 1. The summed E-state index contributed by atoms with van der Waals surface area (Å²) in [6.45, 7) is 4.19. The molecule has 0 aromatic rings. The molecule has 0 aromatic heterocycles. The lowest BCUT2D eigenvalue weighted by Crippen LogP contribution is -2.45. The monoisotopic (exact) mass is 559 g/mol. The fourth-order valence-electron chi connectivity index (χ4n) is 4.64. The highest BCUT2D eigenvalue weighted by Crippen LogP contribution is 2.11. The lowest BCUT2D eigenvalue weighted by molar-refractivity contribution is -0.123. The van der Waals surface area contributed by atoms with E-state index in [0.717, 1.165) is 51.4 Å². The van der Waals surface area contributed by atoms with Gasteiger partial charge in [0.1, 0.15) is 0 Å². The Kier molecular flexibility index (Phi) is 30.6. The normalized spacial score (nSPS) is 13.8. The summed E-state index contributed by atoms with van der Waals surface area (Å²) >= 11 is 0. The molecule has 0 aromatic carbocycles. The summed E-state index contributed by atoms with van der Waals surface area (Å²) in [4.78, 5) is 12.2. The van der Waals surface area contributed by atoms with E-state index in [1.807, 2.05) is 6.08 Å². The maximum Gasteiger partial charge on any atom is 0.220 e. The summed E-state index contributed by atoms with van der Waals surface area (Å²) in [5, 5.41) is 22.8. The highest BCUT2D eigenvalue weighted by Gasteiger charge is 2.17. The van der Waals surface area contributed by atoms with E-state index in [4.69, 9.17) is 0 Å². The number of nitrogens with one attached hydrogen (secondary N) is 1. The molecule has 4 nitrogen and oxygen atoms in total. The van der Waals surface area contributed by atoms with Gasteiger partial charge in [-0.3, -0.25) is 4.79 Å². The van der Waals surface area contributed by atoms with E-state index in [1.54, 1.807) is 6.08 Å². The zero-order valence-electron chi connectivity index (χ0n) is 26.3. The van der Waals surface area contributed by atoms with Crippen LogP contribution in [0, 0.1) is 0 Å². The van der Waals surface area contributed by atoms with E-state index in [1.165, 1.54) is 83.5 Å². The average molecular weight is 560 g/mol. The van der Waals surface area contributed by atoms with E-state index in [2.05, 4.69) is 55.6 Å². The van der Waals surface area contributed by atoms with Gasteiger partial charge in [-0.15, -0.1) is 0 Å². The number of amides is 1. The SMILES string of the molecule is CCC/C=C\C/C=C\CCCCCCCC(=O)NC(CO)C(O)/C=C/CC/C=C/CCCCCCCCCCC. The Morgan fingerprint density at radius 3 is 1.70 bits per heavy atom. The Morgan fingerprint density at radius 2 is 1.10 bits per heavy atom. The number of aliphatic hydroxyl groups excluding tert-OH is 2. The van der Waals surface area contributed by atoms with Gasteiger partial charge in [-0.25, -0.2) is 0 Å². The molecule has 0 bridgehead atoms. The third-order valence-electron chi connectivity index (χ3n) is 7.27. The van der Waals surface area contributed by atoms with Crippen LogP contribution in [0.15, 0.2) is 48.6 Å². The topological polar surface area (TPSA) is 69.6 Å². The largest absolute Gasteiger partial charge is 0.394 e. The molecule has 1 amide bonds. The Morgan fingerprint density at radius 1 is 0.600 bits per heavy atom. The summed E-state index contributed by atoms with van der Waals surface area (Å²) < 4.78 is 0. The first-order valence-electron chi connectivity index (χ1n) is 16.9. The molecule has 0 saturated carbocycles. The Bertz CT molecular complexity index is 652. The molecule has 0 heterocycles. The zero-order valence-corrected chi connectivity index (χ0v) is 26.3. The van der Waals surface area contributed by atoms with Crippen molar-refractivity contribution in [2.24, 2.45) is 0 Å². The molecular formula is C36H65NO3. The van der Waals surface area contributed by atoms with Crippen molar-refractivity contribution in [1.29, 1.82) is 0 Å². The van der Waals surface area contributed by atoms with E-state index in [-0.39, 0.29) is 12.5 Å². The van der Waals surface area contributed by atoms with Crippen molar-refractivity contribution in [3.05, 3.63) is 48.6 Å². The Balaban J connectivity index is 3.75. The Labute approximate surface area is 248 Å². The number of unbranched alkanes of at least 4 members (excludes halogenated alkanes) is 16. The summed E-state index contributed by atoms with van der Waals surface area (Å²) in [6.07, 6.45) is 41.8. The molecule has 2 unspecified atom stereocenters. The van der Waals surface area contributed by atoms with Gasteiger partial charge < -0.3 is 15.5 Å². The summed E-state index contributed by atoms with van der Waals surface area (Å²) in [6, 6.07) is -0.644. The van der Waals surface area contributed by atoms with Crippen LogP contribution >= 0.6 is 0 Å². The number of hydrogen-bond acceptors (Lipinski definition) is 3. The first-order chi connectivity index (χ1) is 19.7. The van der Waals surface area contributed by atoms with Gasteiger partial charge in [0.25, 0.3) is 0 Å². The second-order valence-corrected chi connectivity index (χ2v) is 11.2. The van der Waals surface area contributed by atoms with Crippen LogP contribution < -0.4 is 5.32 Å². The molecule has 4 heteroatoms. The van der Waals surface area contributed by atoms with Crippen LogP contribution in [0.5, 0.6) is 0 Å². The minimum Gasteiger partial charge on any atom is -0.394 e. The number of carbonyl (C=O) groups is 1. The van der Waals surface area contributed by atoms with Crippen molar-refractivity contribution in [2.45, 2.75) is 167 Å². The van der Waals surface area contributed by atoms with Gasteiger partial charge >= 0.3 is 0 Å². The van der Waals surface area contributed by atoms with Gasteiger partial charge in [0.15, 0.2) is 0 Å². The zero-order chi connectivity index (χ0) is 29.4. The van der Waals surface area contributed by atoms with E-state index in [9.17, 15) is 15.0 Å². The van der Waals surface area contributed by atoms with Crippen LogP contribution in [-0.4, -0.2) is 34.9 Å². The van der Waals surface area contributed by atoms with Gasteiger partial charge in [-0.2, -0.15) is 0 Å². The molecule has 40 heavy (non-hydrogen) atoms. The highest BCUT2D eigenvalue weighted by atomic mass is 16.3. The van der Waals surface area contributed by atoms with Gasteiger partial charge in [0.2, 0.25) is 5.91 Å². The van der Waals surface area contributed by atoms with Crippen LogP contribution in [0.25, 0.3) is 0 Å². The minimum absolute atomic E-state index is 0.0926. The highest BCUT2D eigenvalue weighted by molar-refractivity contribution is 5.76. The van der Waals surface area contributed by atoms with Crippen LogP contribution in [0.1, 0.15) is 155 Å². The number of hydrogen-bond donors (Lipinski definition) is 3. The molecule has 0 fully saturated rings. The number of rotatable bonds is 29. The lowest BCUT2D eigenvalue weighted by Gasteiger charge is -2.19. The minimum atomic E-state index is -0.866. The van der Waals surface area contributed by atoms with Crippen molar-refractivity contribution in [3.63, 3.8) is 0 Å². The number of allylic oxidation sites excluding steroid dienone is 7. The molecule has 232 valence electrons. The Hall–Kier alpha value is -1.65. The first kappa shape index (κ1) is 38.4. The van der Waals surface area contributed by atoms with Crippen LogP contribution in [0.4, 0.5) is 0 Å². The average Bonchev–Trinajstić information content (AvgIpc) is 2.96. The van der Waals surface area contributed by atoms with Crippen LogP contribution in [0.2, 0.25) is 0 Å². The summed E-state index contributed by atoms with van der Waals surface area (Å²) in [7, 11) is 0. The fourth-order valence-corrected chi connectivity index (χ4v) is 4.64. The van der Waals surface area contributed by atoms with Gasteiger partial charge in [-0.05, 0) is 57.8 Å². The second kappa shape index (κ2) is 31.9. The van der Waals surface area contributed by atoms with Crippen molar-refractivity contribution in [1.82, 2.24) is 5.32 Å². The van der Waals surface area contributed by atoms with E-state index in [0.29, 0.717) is 6.42 Å². The molecule has 0 spiro atoms. The predicted octanol–water partition coefficient (Wildman–Crippen LogP) is 9.67. The summed E-state index contributed by atoms with van der Waals surface area (Å²) in [5.41, 5.74) is 0. The molecule has 3 N–H and O–H groups in total. The molecule has 0 saturated heterocycles. The molecule has 0 aliphatic heterocycles. The molecule has 0 radical (unpaired) electrons. The molecule has 2 atom stereocenters. The van der Waals surface area contributed by atoms with Crippen molar-refractivity contribution < 1.29 is 15.0 Å². The summed E-state index contributed by atoms with van der Waals surface area (Å²) in [5.74, 6) is -0.0926. The van der Waals surface area contributed by atoms with Gasteiger partial charge in [0.05, 0.1) is 18.8 Å². The molecule has 0 aliphatic carbocycles. The number of aliphatic hydroxyl groups is 2. The van der Waals surface area contributed by atoms with Crippen molar-refractivity contribution >= 4 is 5.91 Å². The molecule has 0 aliphatic rings. The smallest absolute Gasteiger partial charge is 0.220 e. The quantitative estimate of drug-likeness (QED) is 0.0631.